The highest BCUT2D eigenvalue weighted by Crippen LogP contribution is 2.40. The number of rotatable bonds is 8. The molecule has 4 nitrogen and oxygen atoms in total. The summed E-state index contributed by atoms with van der Waals surface area (Å²) in [5, 5.41) is 19.7. The molecule has 4 heteroatoms. The summed E-state index contributed by atoms with van der Waals surface area (Å²) in [6.45, 7) is 11.5. The minimum atomic E-state index is 0.0296. The molecule has 132 valence electrons. The van der Waals surface area contributed by atoms with Gasteiger partial charge < -0.3 is 19.7 Å². The first-order valence-corrected chi connectivity index (χ1v) is 8.09. The molecule has 0 heterocycles. The van der Waals surface area contributed by atoms with Crippen LogP contribution < -0.4 is 9.47 Å². The van der Waals surface area contributed by atoms with E-state index < -0.39 is 0 Å². The number of phenols is 1. The summed E-state index contributed by atoms with van der Waals surface area (Å²) in [5.41, 5.74) is 3.08. The maximum Gasteiger partial charge on any atom is 0.164 e. The van der Waals surface area contributed by atoms with Crippen LogP contribution in [0.3, 0.4) is 0 Å². The maximum absolute atomic E-state index is 10.3. The monoisotopic (exact) mass is 332 g/mol. The minimum Gasteiger partial charge on any atom is -0.512 e. The lowest BCUT2D eigenvalue weighted by atomic mass is 9.97. The van der Waals surface area contributed by atoms with Crippen molar-refractivity contribution in [3.8, 4) is 17.2 Å². The fourth-order valence-corrected chi connectivity index (χ4v) is 2.49. The molecule has 2 N–H and O–H groups in total. The van der Waals surface area contributed by atoms with Crippen LogP contribution in [-0.4, -0.2) is 17.3 Å². The third kappa shape index (κ3) is 5.37. The van der Waals surface area contributed by atoms with E-state index in [1.165, 1.54) is 11.6 Å². The van der Waals surface area contributed by atoms with Crippen molar-refractivity contribution >= 4 is 0 Å². The molecule has 1 aromatic rings. The number of phenolic OH excluding ortho intramolecular Hbond substituents is 1. The fourth-order valence-electron chi connectivity index (χ4n) is 2.49. The van der Waals surface area contributed by atoms with Gasteiger partial charge in [-0.1, -0.05) is 31.6 Å². The van der Waals surface area contributed by atoms with Gasteiger partial charge >= 0.3 is 0 Å². The Balaban J connectivity index is 3.44. The second kappa shape index (κ2) is 9.06. The van der Waals surface area contributed by atoms with Crippen molar-refractivity contribution in [2.75, 3.05) is 7.11 Å². The maximum atomic E-state index is 10.3. The Labute approximate surface area is 144 Å². The molecule has 0 atom stereocenters. The summed E-state index contributed by atoms with van der Waals surface area (Å²) in [4.78, 5) is 0. The van der Waals surface area contributed by atoms with Crippen molar-refractivity contribution in [1.82, 2.24) is 0 Å². The van der Waals surface area contributed by atoms with Crippen molar-refractivity contribution < 1.29 is 19.7 Å². The number of hydrogen-bond donors (Lipinski definition) is 2. The second-order valence-electron chi connectivity index (χ2n) is 5.97. The van der Waals surface area contributed by atoms with Crippen LogP contribution in [0.15, 0.2) is 41.9 Å². The number of aliphatic hydroxyl groups excluding tert-OH is 1. The average molecular weight is 332 g/mol. The van der Waals surface area contributed by atoms with Gasteiger partial charge in [0.05, 0.1) is 12.9 Å². The first kappa shape index (κ1) is 19.7. The number of methoxy groups -OCH3 is 1. The van der Waals surface area contributed by atoms with Gasteiger partial charge in [0, 0.05) is 23.3 Å². The molecule has 0 aliphatic carbocycles. The molecule has 0 aliphatic heterocycles. The van der Waals surface area contributed by atoms with Gasteiger partial charge in [0.2, 0.25) is 0 Å². The van der Waals surface area contributed by atoms with E-state index in [4.69, 9.17) is 9.47 Å². The summed E-state index contributed by atoms with van der Waals surface area (Å²) >= 11 is 0. The molecule has 0 unspecified atom stereocenters. The average Bonchev–Trinajstić information content (AvgIpc) is 2.46. The normalized spacial score (nSPS) is 11.1. The third-order valence-electron chi connectivity index (χ3n) is 3.47. The highest BCUT2D eigenvalue weighted by molar-refractivity contribution is 5.58. The molecule has 0 fully saturated rings. The van der Waals surface area contributed by atoms with E-state index >= 15 is 0 Å². The number of aromatic hydroxyl groups is 1. The zero-order chi connectivity index (χ0) is 18.3. The van der Waals surface area contributed by atoms with Gasteiger partial charge in [0.1, 0.15) is 11.5 Å². The minimum absolute atomic E-state index is 0.0296. The van der Waals surface area contributed by atoms with E-state index in [1.54, 1.807) is 20.1 Å². The highest BCUT2D eigenvalue weighted by Gasteiger charge is 2.19. The molecule has 0 bridgehead atoms. The highest BCUT2D eigenvalue weighted by atomic mass is 16.5. The van der Waals surface area contributed by atoms with Crippen LogP contribution in [0.1, 0.15) is 45.2 Å². The lowest BCUT2D eigenvalue weighted by molar-refractivity contribution is 0.362. The van der Waals surface area contributed by atoms with E-state index in [-0.39, 0.29) is 11.5 Å². The fraction of sp³-hybridized carbons (Fsp3) is 0.400. The van der Waals surface area contributed by atoms with E-state index in [1.807, 2.05) is 13.8 Å². The third-order valence-corrected chi connectivity index (χ3v) is 3.47. The first-order valence-electron chi connectivity index (χ1n) is 8.09. The number of allylic oxidation sites excluding steroid dienone is 4. The van der Waals surface area contributed by atoms with Crippen molar-refractivity contribution in [2.24, 2.45) is 0 Å². The van der Waals surface area contributed by atoms with E-state index in [0.29, 0.717) is 23.7 Å². The zero-order valence-corrected chi connectivity index (χ0v) is 15.3. The summed E-state index contributed by atoms with van der Waals surface area (Å²) in [6.07, 6.45) is 5.88. The topological polar surface area (TPSA) is 58.9 Å². The molecule has 0 saturated heterocycles. The van der Waals surface area contributed by atoms with Crippen LogP contribution >= 0.6 is 0 Å². The smallest absolute Gasteiger partial charge is 0.164 e. The molecule has 1 rings (SSSR count). The van der Waals surface area contributed by atoms with Crippen LogP contribution in [-0.2, 0) is 12.8 Å². The van der Waals surface area contributed by atoms with Crippen LogP contribution in [0.4, 0.5) is 0 Å². The van der Waals surface area contributed by atoms with Crippen LogP contribution in [0, 0.1) is 0 Å². The summed E-state index contributed by atoms with van der Waals surface area (Å²) < 4.78 is 11.2. The molecule has 0 spiro atoms. The van der Waals surface area contributed by atoms with Gasteiger partial charge in [-0.3, -0.25) is 0 Å². The number of benzene rings is 1. The molecule has 0 aliphatic rings. The van der Waals surface area contributed by atoms with Gasteiger partial charge in [-0.05, 0) is 33.6 Å². The van der Waals surface area contributed by atoms with Crippen LogP contribution in [0.2, 0.25) is 0 Å². The Morgan fingerprint density at radius 1 is 1.25 bits per heavy atom. The standard InChI is InChI=1S/C20H28O4/c1-7-8-16-17(10-9-13(2)3)20(23-6)18(22)12-19(16)24-15(5)11-14(4)21/h9,11-12,21-22H,5,7-8,10H2,1-4,6H3/b14-11+. The van der Waals surface area contributed by atoms with Gasteiger partial charge in [0.25, 0.3) is 0 Å². The predicted molar refractivity (Wildman–Crippen MR) is 97.9 cm³/mol. The lowest BCUT2D eigenvalue weighted by Crippen LogP contribution is -2.03. The van der Waals surface area contributed by atoms with E-state index in [2.05, 4.69) is 19.6 Å². The predicted octanol–water partition coefficient (Wildman–Crippen LogP) is 5.22. The largest absolute Gasteiger partial charge is 0.512 e. The van der Waals surface area contributed by atoms with E-state index in [9.17, 15) is 10.2 Å². The van der Waals surface area contributed by atoms with E-state index in [0.717, 1.165) is 24.0 Å². The molecule has 1 aromatic carbocycles. The summed E-state index contributed by atoms with van der Waals surface area (Å²) in [7, 11) is 1.55. The molecule has 24 heavy (non-hydrogen) atoms. The second-order valence-corrected chi connectivity index (χ2v) is 5.97. The molecular formula is C20H28O4. The Morgan fingerprint density at radius 2 is 1.92 bits per heavy atom. The SMILES string of the molecule is C=C(/C=C(\C)O)Oc1cc(O)c(OC)c(CC=C(C)C)c1CCC. The van der Waals surface area contributed by atoms with Gasteiger partial charge in [-0.2, -0.15) is 0 Å². The zero-order valence-electron chi connectivity index (χ0n) is 15.3. The van der Waals surface area contributed by atoms with Gasteiger partial charge in [-0.25, -0.2) is 0 Å². The summed E-state index contributed by atoms with van der Waals surface area (Å²) in [5.74, 6) is 1.46. The quantitative estimate of drug-likeness (QED) is 0.389. The molecule has 0 saturated carbocycles. The Hall–Kier alpha value is -2.36. The number of ether oxygens (including phenoxy) is 2. The number of aliphatic hydroxyl groups is 1. The van der Waals surface area contributed by atoms with Crippen molar-refractivity contribution in [2.45, 2.75) is 47.0 Å². The van der Waals surface area contributed by atoms with Gasteiger partial charge in [0.15, 0.2) is 11.5 Å². The summed E-state index contributed by atoms with van der Waals surface area (Å²) in [6, 6.07) is 1.54. The van der Waals surface area contributed by atoms with Crippen LogP contribution in [0.25, 0.3) is 0 Å². The molecular weight excluding hydrogens is 304 g/mol. The molecule has 0 amide bonds. The van der Waals surface area contributed by atoms with Crippen molar-refractivity contribution in [3.63, 3.8) is 0 Å². The first-order chi connectivity index (χ1) is 11.3. The Bertz CT molecular complexity index is 646. The van der Waals surface area contributed by atoms with Crippen molar-refractivity contribution in [1.29, 1.82) is 0 Å². The molecule has 0 radical (unpaired) electrons. The number of hydrogen-bond acceptors (Lipinski definition) is 4. The Kier molecular flexibility index (Phi) is 7.43. The van der Waals surface area contributed by atoms with Gasteiger partial charge in [-0.15, -0.1) is 0 Å². The Morgan fingerprint density at radius 3 is 2.42 bits per heavy atom. The van der Waals surface area contributed by atoms with Crippen molar-refractivity contribution in [3.05, 3.63) is 53.0 Å². The van der Waals surface area contributed by atoms with Crippen LogP contribution in [0.5, 0.6) is 17.2 Å². The molecule has 0 aromatic heterocycles. The lowest BCUT2D eigenvalue weighted by Gasteiger charge is -2.19.